The maximum atomic E-state index is 2.31. The Morgan fingerprint density at radius 3 is 1.19 bits per heavy atom. The Bertz CT molecular complexity index is 1370. The zero-order chi connectivity index (χ0) is 21.9. The molecule has 5 aromatic carbocycles. The molecule has 0 aliphatic carbocycles. The normalized spacial score (nSPS) is 11.8. The predicted molar refractivity (Wildman–Crippen MR) is 142 cm³/mol. The zero-order valence-electron chi connectivity index (χ0n) is 18.5. The third-order valence-electron chi connectivity index (χ3n) is 6.17. The molecule has 5 rings (SSSR count). The molecule has 0 unspecified atom stereocenters. The molecule has 0 radical (unpaired) electrons. The monoisotopic (exact) mass is 410 g/mol. The minimum atomic E-state index is 1.22. The highest BCUT2D eigenvalue weighted by Gasteiger charge is 2.04. The molecule has 0 fully saturated rings. The summed E-state index contributed by atoms with van der Waals surface area (Å²) < 4.78 is 0. The second-order valence-electron chi connectivity index (χ2n) is 8.41. The van der Waals surface area contributed by atoms with Crippen LogP contribution in [0.15, 0.2) is 97.1 Å². The summed E-state index contributed by atoms with van der Waals surface area (Å²) in [6, 6.07) is 34.8. The molecule has 32 heavy (non-hydrogen) atoms. The number of hydrogen-bond donors (Lipinski definition) is 0. The largest absolute Gasteiger partial charge is 0.0620 e. The van der Waals surface area contributed by atoms with E-state index >= 15 is 0 Å². The number of aryl methyl sites for hydroxylation is 2. The molecule has 0 N–H and O–H groups in total. The summed E-state index contributed by atoms with van der Waals surface area (Å²) in [5, 5.41) is 5.08. The maximum Gasteiger partial charge on any atom is -0.0171 e. The maximum absolute atomic E-state index is 2.31. The lowest BCUT2D eigenvalue weighted by atomic mass is 9.96. The molecule has 0 saturated carbocycles. The molecule has 0 heteroatoms. The lowest BCUT2D eigenvalue weighted by Crippen LogP contribution is -1.86. The quantitative estimate of drug-likeness (QED) is 0.205. The van der Waals surface area contributed by atoms with Crippen LogP contribution in [0.2, 0.25) is 0 Å². The van der Waals surface area contributed by atoms with E-state index in [2.05, 4.69) is 135 Å². The van der Waals surface area contributed by atoms with Gasteiger partial charge >= 0.3 is 0 Å². The molecule has 5 aromatic rings. The summed E-state index contributed by atoms with van der Waals surface area (Å²) in [6.45, 7) is 4.32. The van der Waals surface area contributed by atoms with Gasteiger partial charge in [0.1, 0.15) is 0 Å². The third-order valence-corrected chi connectivity index (χ3v) is 6.17. The molecule has 0 atom stereocenters. The topological polar surface area (TPSA) is 0 Å². The number of rotatable bonds is 4. The van der Waals surface area contributed by atoms with Crippen LogP contribution in [0, 0.1) is 13.8 Å². The minimum absolute atomic E-state index is 1.22. The van der Waals surface area contributed by atoms with Crippen LogP contribution in [-0.2, 0) is 0 Å². The van der Waals surface area contributed by atoms with Crippen LogP contribution >= 0.6 is 0 Å². The molecule has 0 amide bonds. The van der Waals surface area contributed by atoms with Gasteiger partial charge in [-0.05, 0) is 93.0 Å². The van der Waals surface area contributed by atoms with Gasteiger partial charge in [-0.3, -0.25) is 0 Å². The lowest BCUT2D eigenvalue weighted by Gasteiger charge is -2.09. The van der Waals surface area contributed by atoms with Gasteiger partial charge in [0.15, 0.2) is 0 Å². The van der Waals surface area contributed by atoms with Crippen molar-refractivity contribution in [3.63, 3.8) is 0 Å². The molecule has 0 aliphatic rings. The van der Waals surface area contributed by atoms with Gasteiger partial charge in [0.2, 0.25) is 0 Å². The van der Waals surface area contributed by atoms with Gasteiger partial charge in [0.05, 0.1) is 0 Å². The molecule has 0 aliphatic heterocycles. The van der Waals surface area contributed by atoms with Crippen molar-refractivity contribution < 1.29 is 0 Å². The van der Waals surface area contributed by atoms with Crippen LogP contribution in [-0.4, -0.2) is 0 Å². The fraction of sp³-hybridized carbons (Fsp3) is 0.0625. The highest BCUT2D eigenvalue weighted by atomic mass is 14.1. The lowest BCUT2D eigenvalue weighted by molar-refractivity contribution is 1.44. The number of fused-ring (bicyclic) bond motifs is 2. The van der Waals surface area contributed by atoms with E-state index in [1.54, 1.807) is 0 Å². The second kappa shape index (κ2) is 8.69. The standard InChI is InChI=1S/C32H26/c1-23-9-3-5-11-25(23)15-17-29-21-31-19-27-13-7-8-14-28(27)20-32(31)22-30(29)18-16-26-12-6-4-10-24(26)2/h3-22H,1-2H3/b17-15+,18-16+. The average Bonchev–Trinajstić information content (AvgIpc) is 2.81. The minimum Gasteiger partial charge on any atom is -0.0620 e. The fourth-order valence-corrected chi connectivity index (χ4v) is 4.22. The van der Waals surface area contributed by atoms with Gasteiger partial charge in [-0.1, -0.05) is 97.1 Å². The summed E-state index contributed by atoms with van der Waals surface area (Å²) in [5.41, 5.74) is 7.52. The molecule has 0 spiro atoms. The Morgan fingerprint density at radius 1 is 0.375 bits per heavy atom. The highest BCUT2D eigenvalue weighted by Crippen LogP contribution is 2.28. The van der Waals surface area contributed by atoms with Gasteiger partial charge in [0, 0.05) is 0 Å². The Morgan fingerprint density at radius 2 is 0.750 bits per heavy atom. The van der Waals surface area contributed by atoms with Crippen LogP contribution in [0.3, 0.4) is 0 Å². The Kier molecular flexibility index (Phi) is 5.44. The number of benzene rings is 5. The van der Waals surface area contributed by atoms with E-state index < -0.39 is 0 Å². The van der Waals surface area contributed by atoms with Crippen LogP contribution in [0.1, 0.15) is 33.4 Å². The van der Waals surface area contributed by atoms with Crippen molar-refractivity contribution >= 4 is 45.8 Å². The van der Waals surface area contributed by atoms with Crippen molar-refractivity contribution in [3.8, 4) is 0 Å². The summed E-state index contributed by atoms with van der Waals surface area (Å²) in [6.07, 6.45) is 8.94. The number of hydrogen-bond acceptors (Lipinski definition) is 0. The van der Waals surface area contributed by atoms with Crippen molar-refractivity contribution in [3.05, 3.63) is 130 Å². The van der Waals surface area contributed by atoms with Gasteiger partial charge < -0.3 is 0 Å². The first kappa shape index (κ1) is 20.0. The van der Waals surface area contributed by atoms with E-state index in [1.807, 2.05) is 0 Å². The van der Waals surface area contributed by atoms with Crippen molar-refractivity contribution in [2.45, 2.75) is 13.8 Å². The Hall–Kier alpha value is -3.90. The predicted octanol–water partition coefficient (Wildman–Crippen LogP) is 8.95. The highest BCUT2D eigenvalue weighted by molar-refractivity contribution is 6.01. The van der Waals surface area contributed by atoms with E-state index in [4.69, 9.17) is 0 Å². The molecule has 154 valence electrons. The average molecular weight is 411 g/mol. The van der Waals surface area contributed by atoms with Crippen LogP contribution < -0.4 is 0 Å². The molecule has 0 saturated heterocycles. The summed E-state index contributed by atoms with van der Waals surface area (Å²) in [7, 11) is 0. The molecule has 0 heterocycles. The van der Waals surface area contributed by atoms with Gasteiger partial charge in [-0.15, -0.1) is 0 Å². The summed E-state index contributed by atoms with van der Waals surface area (Å²) in [4.78, 5) is 0. The van der Waals surface area contributed by atoms with E-state index in [9.17, 15) is 0 Å². The van der Waals surface area contributed by atoms with Gasteiger partial charge in [-0.25, -0.2) is 0 Å². The smallest absolute Gasteiger partial charge is 0.0171 e. The molecule has 0 aromatic heterocycles. The fourth-order valence-electron chi connectivity index (χ4n) is 4.22. The van der Waals surface area contributed by atoms with Gasteiger partial charge in [0.25, 0.3) is 0 Å². The first-order valence-corrected chi connectivity index (χ1v) is 11.1. The van der Waals surface area contributed by atoms with Crippen molar-refractivity contribution in [1.29, 1.82) is 0 Å². The molecule has 0 nitrogen and oxygen atoms in total. The van der Waals surface area contributed by atoms with E-state index in [0.29, 0.717) is 0 Å². The van der Waals surface area contributed by atoms with Crippen LogP contribution in [0.25, 0.3) is 45.8 Å². The molecular formula is C32H26. The van der Waals surface area contributed by atoms with E-state index in [1.165, 1.54) is 54.9 Å². The Labute approximate surface area is 190 Å². The summed E-state index contributed by atoms with van der Waals surface area (Å²) >= 11 is 0. The van der Waals surface area contributed by atoms with Gasteiger partial charge in [-0.2, -0.15) is 0 Å². The van der Waals surface area contributed by atoms with E-state index in [0.717, 1.165) is 0 Å². The van der Waals surface area contributed by atoms with Crippen molar-refractivity contribution in [1.82, 2.24) is 0 Å². The second-order valence-corrected chi connectivity index (χ2v) is 8.41. The SMILES string of the molecule is Cc1ccccc1/C=C/c1cc2cc3ccccc3cc2cc1/C=C/c1ccccc1C. The first-order valence-electron chi connectivity index (χ1n) is 11.1. The third kappa shape index (κ3) is 4.13. The van der Waals surface area contributed by atoms with Crippen molar-refractivity contribution in [2.24, 2.45) is 0 Å². The Balaban J connectivity index is 1.66. The first-order chi connectivity index (χ1) is 15.7. The van der Waals surface area contributed by atoms with E-state index in [-0.39, 0.29) is 0 Å². The van der Waals surface area contributed by atoms with Crippen molar-refractivity contribution in [2.75, 3.05) is 0 Å². The zero-order valence-corrected chi connectivity index (χ0v) is 18.5. The van der Waals surface area contributed by atoms with Crippen LogP contribution in [0.5, 0.6) is 0 Å². The van der Waals surface area contributed by atoms with Crippen LogP contribution in [0.4, 0.5) is 0 Å². The molecular weight excluding hydrogens is 384 g/mol. The summed E-state index contributed by atoms with van der Waals surface area (Å²) in [5.74, 6) is 0. The molecule has 0 bridgehead atoms.